The first kappa shape index (κ1) is 15.2. The highest BCUT2D eigenvalue weighted by atomic mass is 19.1. The molecular formula is C18H18FN3O. The highest BCUT2D eigenvalue weighted by Gasteiger charge is 2.15. The normalized spacial score (nSPS) is 11.0. The number of nitrogens with zero attached hydrogens (tertiary/aromatic N) is 2. The summed E-state index contributed by atoms with van der Waals surface area (Å²) in [5.74, 6) is -0.526. The fourth-order valence-corrected chi connectivity index (χ4v) is 2.63. The van der Waals surface area contributed by atoms with Crippen molar-refractivity contribution in [3.05, 3.63) is 64.5 Å². The van der Waals surface area contributed by atoms with Crippen LogP contribution in [0.5, 0.6) is 0 Å². The van der Waals surface area contributed by atoms with Gasteiger partial charge in [-0.1, -0.05) is 25.5 Å². The molecule has 0 radical (unpaired) electrons. The Kier molecular flexibility index (Phi) is 4.10. The van der Waals surface area contributed by atoms with Crippen molar-refractivity contribution >= 4 is 11.3 Å². The highest BCUT2D eigenvalue weighted by molar-refractivity contribution is 5.68. The molecule has 0 aliphatic rings. The molecule has 0 spiro atoms. The average molecular weight is 311 g/mol. The van der Waals surface area contributed by atoms with E-state index >= 15 is 0 Å². The number of hydrogen-bond donors (Lipinski definition) is 1. The molecular weight excluding hydrogens is 293 g/mol. The SMILES string of the molecule is CCCCc1nc2ccccn2c(=O)c1-c1ccc(N)c(F)c1. The molecule has 0 amide bonds. The van der Waals surface area contributed by atoms with Crippen molar-refractivity contribution in [3.63, 3.8) is 0 Å². The zero-order valence-electron chi connectivity index (χ0n) is 12.9. The molecule has 2 N–H and O–H groups in total. The molecule has 118 valence electrons. The second-order valence-electron chi connectivity index (χ2n) is 5.51. The van der Waals surface area contributed by atoms with E-state index in [-0.39, 0.29) is 11.2 Å². The van der Waals surface area contributed by atoms with Crippen LogP contribution in [0.4, 0.5) is 10.1 Å². The molecule has 2 aromatic heterocycles. The maximum atomic E-state index is 13.8. The Morgan fingerprint density at radius 3 is 2.83 bits per heavy atom. The lowest BCUT2D eigenvalue weighted by atomic mass is 10.0. The van der Waals surface area contributed by atoms with Gasteiger partial charge in [0.05, 0.1) is 16.9 Å². The molecule has 2 heterocycles. The largest absolute Gasteiger partial charge is 0.396 e. The van der Waals surface area contributed by atoms with Crippen molar-refractivity contribution in [2.45, 2.75) is 26.2 Å². The third kappa shape index (κ3) is 2.82. The quantitative estimate of drug-likeness (QED) is 0.751. The summed E-state index contributed by atoms with van der Waals surface area (Å²) in [7, 11) is 0. The first-order valence-corrected chi connectivity index (χ1v) is 7.67. The summed E-state index contributed by atoms with van der Waals surface area (Å²) in [6.45, 7) is 2.08. The van der Waals surface area contributed by atoms with Gasteiger partial charge in [0.2, 0.25) is 0 Å². The smallest absolute Gasteiger partial charge is 0.265 e. The number of unbranched alkanes of at least 4 members (excludes halogenated alkanes) is 1. The monoisotopic (exact) mass is 311 g/mol. The summed E-state index contributed by atoms with van der Waals surface area (Å²) in [6.07, 6.45) is 4.26. The topological polar surface area (TPSA) is 60.4 Å². The second-order valence-corrected chi connectivity index (χ2v) is 5.51. The van der Waals surface area contributed by atoms with Crippen molar-refractivity contribution in [1.29, 1.82) is 0 Å². The Hall–Kier alpha value is -2.69. The second kappa shape index (κ2) is 6.20. The van der Waals surface area contributed by atoms with Gasteiger partial charge in [-0.15, -0.1) is 0 Å². The van der Waals surface area contributed by atoms with Crippen LogP contribution in [0.1, 0.15) is 25.5 Å². The molecule has 0 saturated carbocycles. The lowest BCUT2D eigenvalue weighted by molar-refractivity contribution is 0.633. The van der Waals surface area contributed by atoms with Crippen LogP contribution in [0.25, 0.3) is 16.8 Å². The summed E-state index contributed by atoms with van der Waals surface area (Å²) in [6, 6.07) is 9.86. The molecule has 1 aromatic carbocycles. The number of nitrogen functional groups attached to an aromatic ring is 1. The first-order valence-electron chi connectivity index (χ1n) is 7.67. The van der Waals surface area contributed by atoms with Crippen LogP contribution in [0.3, 0.4) is 0 Å². The van der Waals surface area contributed by atoms with Crippen molar-refractivity contribution in [1.82, 2.24) is 9.38 Å². The predicted octanol–water partition coefficient (Wildman–Crippen LogP) is 3.43. The van der Waals surface area contributed by atoms with Crippen molar-refractivity contribution < 1.29 is 4.39 Å². The van der Waals surface area contributed by atoms with E-state index in [1.165, 1.54) is 16.5 Å². The Bertz CT molecular complexity index is 918. The molecule has 5 heteroatoms. The third-order valence-corrected chi connectivity index (χ3v) is 3.87. The van der Waals surface area contributed by atoms with Crippen LogP contribution in [-0.2, 0) is 6.42 Å². The number of aromatic nitrogens is 2. The van der Waals surface area contributed by atoms with E-state index in [4.69, 9.17) is 5.73 Å². The maximum absolute atomic E-state index is 13.8. The van der Waals surface area contributed by atoms with E-state index in [1.54, 1.807) is 24.4 Å². The number of anilines is 1. The number of fused-ring (bicyclic) bond motifs is 1. The fourth-order valence-electron chi connectivity index (χ4n) is 2.63. The van der Waals surface area contributed by atoms with Gasteiger partial charge in [-0.25, -0.2) is 9.37 Å². The van der Waals surface area contributed by atoms with Crippen molar-refractivity contribution in [2.75, 3.05) is 5.73 Å². The molecule has 0 aliphatic carbocycles. The van der Waals surface area contributed by atoms with Gasteiger partial charge < -0.3 is 5.73 Å². The van der Waals surface area contributed by atoms with Crippen LogP contribution in [-0.4, -0.2) is 9.38 Å². The molecule has 0 aliphatic heterocycles. The predicted molar refractivity (Wildman–Crippen MR) is 89.9 cm³/mol. The molecule has 3 rings (SSSR count). The van der Waals surface area contributed by atoms with Gasteiger partial charge in [0.15, 0.2) is 0 Å². The van der Waals surface area contributed by atoms with E-state index in [1.807, 2.05) is 6.07 Å². The number of aryl methyl sites for hydroxylation is 1. The molecule has 0 atom stereocenters. The average Bonchev–Trinajstić information content (AvgIpc) is 2.56. The minimum absolute atomic E-state index is 0.0673. The number of benzene rings is 1. The number of halogens is 1. The summed E-state index contributed by atoms with van der Waals surface area (Å²) in [5.41, 5.74) is 7.68. The first-order chi connectivity index (χ1) is 11.1. The summed E-state index contributed by atoms with van der Waals surface area (Å²) >= 11 is 0. The van der Waals surface area contributed by atoms with Crippen molar-refractivity contribution in [2.24, 2.45) is 0 Å². The Labute approximate surface area is 133 Å². The van der Waals surface area contributed by atoms with Crippen LogP contribution in [0.15, 0.2) is 47.4 Å². The van der Waals surface area contributed by atoms with E-state index in [0.29, 0.717) is 28.9 Å². The van der Waals surface area contributed by atoms with Crippen LogP contribution in [0, 0.1) is 5.82 Å². The van der Waals surface area contributed by atoms with Crippen LogP contribution < -0.4 is 11.3 Å². The van der Waals surface area contributed by atoms with E-state index < -0.39 is 5.82 Å². The number of hydrogen-bond acceptors (Lipinski definition) is 3. The van der Waals surface area contributed by atoms with Gasteiger partial charge in [-0.2, -0.15) is 0 Å². The number of pyridine rings is 1. The summed E-state index contributed by atoms with van der Waals surface area (Å²) < 4.78 is 15.3. The van der Waals surface area contributed by atoms with E-state index in [9.17, 15) is 9.18 Å². The Balaban J connectivity index is 2.29. The van der Waals surface area contributed by atoms with E-state index in [2.05, 4.69) is 11.9 Å². The molecule has 0 bridgehead atoms. The fraction of sp³-hybridized carbons (Fsp3) is 0.222. The van der Waals surface area contributed by atoms with Crippen molar-refractivity contribution in [3.8, 4) is 11.1 Å². The van der Waals surface area contributed by atoms with Crippen LogP contribution >= 0.6 is 0 Å². The standard InChI is InChI=1S/C18H18FN3O/c1-2-3-6-15-17(12-8-9-14(20)13(19)11-12)18(23)22-10-5-4-7-16(22)21-15/h4-5,7-11H,2-3,6,20H2,1H3. The van der Waals surface area contributed by atoms with E-state index in [0.717, 1.165) is 12.8 Å². The molecule has 0 fully saturated rings. The third-order valence-electron chi connectivity index (χ3n) is 3.87. The van der Waals surface area contributed by atoms with Gasteiger partial charge in [-0.05, 0) is 42.7 Å². The van der Waals surface area contributed by atoms with Gasteiger partial charge in [0.25, 0.3) is 5.56 Å². The number of nitrogens with two attached hydrogens (primary N) is 1. The van der Waals surface area contributed by atoms with Gasteiger partial charge >= 0.3 is 0 Å². The minimum Gasteiger partial charge on any atom is -0.396 e. The molecule has 4 nitrogen and oxygen atoms in total. The van der Waals surface area contributed by atoms with Gasteiger partial charge in [0, 0.05) is 6.20 Å². The van der Waals surface area contributed by atoms with Crippen LogP contribution in [0.2, 0.25) is 0 Å². The lowest BCUT2D eigenvalue weighted by Gasteiger charge is -2.11. The molecule has 23 heavy (non-hydrogen) atoms. The molecule has 3 aromatic rings. The Morgan fingerprint density at radius 1 is 1.26 bits per heavy atom. The summed E-state index contributed by atoms with van der Waals surface area (Å²) in [5, 5.41) is 0. The summed E-state index contributed by atoms with van der Waals surface area (Å²) in [4.78, 5) is 17.5. The zero-order valence-corrected chi connectivity index (χ0v) is 12.9. The minimum atomic E-state index is -0.526. The highest BCUT2D eigenvalue weighted by Crippen LogP contribution is 2.24. The number of rotatable bonds is 4. The molecule has 0 saturated heterocycles. The van der Waals surface area contributed by atoms with Gasteiger partial charge in [-0.3, -0.25) is 9.20 Å². The zero-order chi connectivity index (χ0) is 16.4. The lowest BCUT2D eigenvalue weighted by Crippen LogP contribution is -2.20. The Morgan fingerprint density at radius 2 is 2.09 bits per heavy atom. The maximum Gasteiger partial charge on any atom is 0.265 e. The molecule has 0 unspecified atom stereocenters. The van der Waals surface area contributed by atoms with Gasteiger partial charge in [0.1, 0.15) is 11.5 Å².